The first-order chi connectivity index (χ1) is 15.2. The van der Waals surface area contributed by atoms with Crippen molar-refractivity contribution in [1.29, 1.82) is 0 Å². The van der Waals surface area contributed by atoms with Crippen molar-refractivity contribution in [3.05, 3.63) is 64.8 Å². The lowest BCUT2D eigenvalue weighted by Gasteiger charge is -2.43. The molecule has 0 unspecified atom stereocenters. The van der Waals surface area contributed by atoms with E-state index < -0.39 is 24.3 Å². The summed E-state index contributed by atoms with van der Waals surface area (Å²) < 4.78 is 29.0. The average Bonchev–Trinajstić information content (AvgIpc) is 2.94. The van der Waals surface area contributed by atoms with E-state index in [2.05, 4.69) is 4.85 Å². The van der Waals surface area contributed by atoms with Crippen LogP contribution in [0.15, 0.2) is 36.4 Å². The molecule has 1 heterocycles. The number of nitrogens with zero attached hydrogens (tertiary/aromatic N) is 3. The number of carbonyl (C=O) groups excluding carboxylic acids is 2. The van der Waals surface area contributed by atoms with Crippen molar-refractivity contribution in [3.63, 3.8) is 0 Å². The fourth-order valence-electron chi connectivity index (χ4n) is 4.02. The van der Waals surface area contributed by atoms with E-state index in [9.17, 15) is 14.0 Å². The topological polar surface area (TPSA) is 57.0 Å². The van der Waals surface area contributed by atoms with Crippen molar-refractivity contribution in [1.82, 2.24) is 5.32 Å². The minimum Gasteiger partial charge on any atom is -0.355 e. The molecule has 0 atom stereocenters. The molecule has 2 fully saturated rings. The first-order valence-corrected chi connectivity index (χ1v) is 9.72. The van der Waals surface area contributed by atoms with Gasteiger partial charge < -0.3 is 10.2 Å². The first kappa shape index (κ1) is 17.5. The smallest absolute Gasteiger partial charge is 0.259 e. The zero-order valence-corrected chi connectivity index (χ0v) is 16.9. The van der Waals surface area contributed by atoms with Gasteiger partial charge in [0.05, 0.1) is 12.1 Å². The molecule has 1 aliphatic heterocycles. The molecule has 1 N–H and O–H groups in total. The maximum absolute atomic E-state index is 14.8. The molecule has 152 valence electrons. The maximum Gasteiger partial charge on any atom is 0.259 e. The second kappa shape index (κ2) is 7.18. The highest BCUT2D eigenvalue weighted by Gasteiger charge is 2.59. The van der Waals surface area contributed by atoms with Crippen LogP contribution in [0.25, 0.3) is 4.85 Å². The number of nitrogens with one attached hydrogen (secondary N) is 1. The van der Waals surface area contributed by atoms with Crippen molar-refractivity contribution >= 4 is 46.2 Å². The lowest BCUT2D eigenvalue weighted by Crippen LogP contribution is -2.55. The number of halogens is 1. The normalized spacial score (nSPS) is 18.2. The lowest BCUT2D eigenvalue weighted by molar-refractivity contribution is -0.123. The molecule has 2 aromatic carbocycles. The molecule has 6 nitrogen and oxygen atoms in total. The summed E-state index contributed by atoms with van der Waals surface area (Å²) in [7, 11) is 0. The van der Waals surface area contributed by atoms with Gasteiger partial charge in [-0.05, 0) is 74.3 Å². The van der Waals surface area contributed by atoms with Gasteiger partial charge >= 0.3 is 0 Å². The van der Waals surface area contributed by atoms with Crippen molar-refractivity contribution in [3.8, 4) is 0 Å². The van der Waals surface area contributed by atoms with E-state index in [4.69, 9.17) is 21.5 Å². The Kier molecular flexibility index (Phi) is 4.20. The van der Waals surface area contributed by atoms with E-state index in [-0.39, 0.29) is 16.6 Å². The Bertz CT molecular complexity index is 1190. The van der Waals surface area contributed by atoms with Crippen molar-refractivity contribution in [2.75, 3.05) is 16.8 Å². The van der Waals surface area contributed by atoms with E-state index in [0.717, 1.165) is 18.1 Å². The summed E-state index contributed by atoms with van der Waals surface area (Å²) in [6.07, 6.45) is 1.95. The van der Waals surface area contributed by atoms with Gasteiger partial charge in [-0.25, -0.2) is 9.24 Å². The zero-order valence-electron chi connectivity index (χ0n) is 18.1. The van der Waals surface area contributed by atoms with Crippen LogP contribution in [0.4, 0.5) is 21.5 Å². The van der Waals surface area contributed by atoms with E-state index in [1.165, 1.54) is 17.0 Å². The van der Waals surface area contributed by atoms with Gasteiger partial charge in [-0.3, -0.25) is 14.5 Å². The summed E-state index contributed by atoms with van der Waals surface area (Å²) in [5, 5.41) is 2.23. The molecule has 2 amide bonds. The third-order valence-corrected chi connectivity index (χ3v) is 6.10. The van der Waals surface area contributed by atoms with Gasteiger partial charge in [-0.1, -0.05) is 6.07 Å². The monoisotopic (exact) mass is 424 g/mol. The number of carbonyl (C=O) groups is 2. The summed E-state index contributed by atoms with van der Waals surface area (Å²) in [5.41, 5.74) is 0.902. The molecule has 2 aliphatic rings. The van der Waals surface area contributed by atoms with Gasteiger partial charge in [0.1, 0.15) is 11.4 Å². The molecule has 1 saturated carbocycles. The maximum atomic E-state index is 14.8. The molecular weight excluding hydrogens is 403 g/mol. The largest absolute Gasteiger partial charge is 0.355 e. The molecule has 4 rings (SSSR count). The number of hydrogen-bond acceptors (Lipinski definition) is 3. The zero-order chi connectivity index (χ0) is 23.2. The number of amides is 2. The minimum absolute atomic E-state index is 0.197. The fourth-order valence-corrected chi connectivity index (χ4v) is 4.49. The Morgan fingerprint density at radius 2 is 2.03 bits per heavy atom. The molecule has 0 aromatic heterocycles. The number of anilines is 2. The summed E-state index contributed by atoms with van der Waals surface area (Å²) in [6.45, 7) is 7.39. The fraction of sp³-hybridized carbons (Fsp3) is 0.273. The van der Waals surface area contributed by atoms with Gasteiger partial charge in [0, 0.05) is 21.1 Å². The number of benzene rings is 2. The highest BCUT2D eigenvalue weighted by molar-refractivity contribution is 7.81. The standard InChI is InChI=1S/C22H19FN4O2S/c1-13-11-14(6-8-18(13)24-2)26-20(29)22(9-4-10-22)27(21(26)30)15-5-7-16(17(23)12-15)19(28)25-3/h5-8,11-12H,4,9-10H2,1,3H3,(H,25,28)/i3D2. The first-order valence-electron chi connectivity index (χ1n) is 10.5. The molecule has 1 spiro atoms. The van der Waals surface area contributed by atoms with Crippen molar-refractivity contribution in [2.45, 2.75) is 31.7 Å². The summed E-state index contributed by atoms with van der Waals surface area (Å²) in [6, 6.07) is 8.97. The molecule has 0 bridgehead atoms. The number of aryl methyl sites for hydroxylation is 1. The Balaban J connectivity index is 1.73. The van der Waals surface area contributed by atoms with Crippen LogP contribution < -0.4 is 15.1 Å². The van der Waals surface area contributed by atoms with Crippen molar-refractivity contribution in [2.24, 2.45) is 0 Å². The Hall–Kier alpha value is -3.31. The van der Waals surface area contributed by atoms with Crippen molar-refractivity contribution < 1.29 is 16.7 Å². The number of thiocarbonyl (C=S) groups is 1. The minimum atomic E-state index is -1.62. The molecule has 30 heavy (non-hydrogen) atoms. The summed E-state index contributed by atoms with van der Waals surface area (Å²) in [5.74, 6) is -1.89. The molecule has 2 aromatic rings. The quantitative estimate of drug-likeness (QED) is 0.595. The van der Waals surface area contributed by atoms with Crippen LogP contribution in [0.1, 0.15) is 37.9 Å². The third-order valence-electron chi connectivity index (χ3n) is 5.74. The number of hydrogen-bond donors (Lipinski definition) is 1. The van der Waals surface area contributed by atoms with Crippen LogP contribution in [-0.2, 0) is 4.79 Å². The van der Waals surface area contributed by atoms with Gasteiger partial charge in [0.15, 0.2) is 10.8 Å². The number of rotatable bonds is 3. The second-order valence-corrected chi connectivity index (χ2v) is 7.73. The summed E-state index contributed by atoms with van der Waals surface area (Å²) >= 11 is 5.66. The Morgan fingerprint density at radius 3 is 2.60 bits per heavy atom. The van der Waals surface area contributed by atoms with Gasteiger partial charge in [0.25, 0.3) is 11.8 Å². The highest BCUT2D eigenvalue weighted by atomic mass is 32.1. The van der Waals surface area contributed by atoms with Crippen LogP contribution in [0.5, 0.6) is 0 Å². The van der Waals surface area contributed by atoms with Crippen LogP contribution >= 0.6 is 12.2 Å². The SMILES string of the molecule is [2H]C([2H])NC(=O)c1ccc(N2C(=S)N(c3ccc([N+]#[C-])c(C)c3)C(=O)C23CCC3)cc1F. The van der Waals surface area contributed by atoms with E-state index >= 15 is 0 Å². The van der Waals surface area contributed by atoms with Crippen LogP contribution in [0.3, 0.4) is 0 Å². The Morgan fingerprint density at radius 1 is 1.30 bits per heavy atom. The van der Waals surface area contributed by atoms with Crippen LogP contribution in [0, 0.1) is 19.3 Å². The summed E-state index contributed by atoms with van der Waals surface area (Å²) in [4.78, 5) is 32.0. The average molecular weight is 424 g/mol. The van der Waals surface area contributed by atoms with E-state index in [1.807, 2.05) is 5.32 Å². The molecule has 8 heteroatoms. The third kappa shape index (κ3) is 2.77. The molecule has 1 aliphatic carbocycles. The van der Waals surface area contributed by atoms with E-state index in [0.29, 0.717) is 29.9 Å². The van der Waals surface area contributed by atoms with Gasteiger partial charge in [-0.15, -0.1) is 0 Å². The molecule has 0 radical (unpaired) electrons. The predicted molar refractivity (Wildman–Crippen MR) is 116 cm³/mol. The highest BCUT2D eigenvalue weighted by Crippen LogP contribution is 2.48. The molecule has 1 saturated heterocycles. The lowest BCUT2D eigenvalue weighted by atomic mass is 9.75. The van der Waals surface area contributed by atoms with E-state index in [1.54, 1.807) is 30.0 Å². The van der Waals surface area contributed by atoms with Crippen LogP contribution in [-0.4, -0.2) is 29.5 Å². The van der Waals surface area contributed by atoms with Gasteiger partial charge in [-0.2, -0.15) is 0 Å². The Labute approximate surface area is 181 Å². The predicted octanol–water partition coefficient (Wildman–Crippen LogP) is 4.11. The second-order valence-electron chi connectivity index (χ2n) is 7.36. The van der Waals surface area contributed by atoms with Gasteiger partial charge in [0.2, 0.25) is 0 Å². The van der Waals surface area contributed by atoms with Crippen LogP contribution in [0.2, 0.25) is 0 Å². The molecular formula is C22H19FN4O2S.